The lowest BCUT2D eigenvalue weighted by Crippen LogP contribution is -2.15. The summed E-state index contributed by atoms with van der Waals surface area (Å²) >= 11 is 6.23. The minimum Gasteiger partial charge on any atom is -0.461 e. The topological polar surface area (TPSA) is 108 Å². The first-order valence-electron chi connectivity index (χ1n) is 7.58. The highest BCUT2D eigenvalue weighted by molar-refractivity contribution is 7.92. The van der Waals surface area contributed by atoms with Crippen molar-refractivity contribution in [2.24, 2.45) is 14.1 Å². The normalized spacial score (nSPS) is 11.7. The van der Waals surface area contributed by atoms with Crippen molar-refractivity contribution < 1.29 is 17.9 Å². The van der Waals surface area contributed by atoms with Crippen LogP contribution >= 0.6 is 11.6 Å². The van der Waals surface area contributed by atoms with Crippen LogP contribution in [0.3, 0.4) is 0 Å². The molecule has 0 unspecified atom stereocenters. The Morgan fingerprint density at radius 2 is 2.12 bits per heavy atom. The Kier molecular flexibility index (Phi) is 4.63. The quantitative estimate of drug-likeness (QED) is 0.659. The number of ether oxygens (including phenoxy) is 1. The van der Waals surface area contributed by atoms with E-state index in [0.29, 0.717) is 16.9 Å². The number of hydrogen-bond donors (Lipinski definition) is 1. The summed E-state index contributed by atoms with van der Waals surface area (Å²) in [5.41, 5.74) is 0.827. The van der Waals surface area contributed by atoms with Crippen molar-refractivity contribution in [2.75, 3.05) is 11.3 Å². The van der Waals surface area contributed by atoms with Crippen LogP contribution in [0.4, 0.5) is 5.82 Å². The highest BCUT2D eigenvalue weighted by Gasteiger charge is 2.24. The van der Waals surface area contributed by atoms with E-state index < -0.39 is 16.0 Å². The van der Waals surface area contributed by atoms with Crippen LogP contribution in [0, 0.1) is 0 Å². The minimum atomic E-state index is -3.89. The molecule has 0 saturated heterocycles. The molecule has 0 aliphatic heterocycles. The first-order chi connectivity index (χ1) is 12.3. The second kappa shape index (κ2) is 6.61. The van der Waals surface area contributed by atoms with E-state index in [1.54, 1.807) is 21.0 Å². The van der Waals surface area contributed by atoms with Crippen LogP contribution in [0.15, 0.2) is 29.4 Å². The Labute approximate surface area is 154 Å². The predicted molar refractivity (Wildman–Crippen MR) is 95.7 cm³/mol. The third-order valence-electron chi connectivity index (χ3n) is 3.79. The number of anilines is 1. The number of esters is 1. The van der Waals surface area contributed by atoms with Crippen molar-refractivity contribution in [2.45, 2.75) is 11.8 Å². The van der Waals surface area contributed by atoms with Crippen molar-refractivity contribution in [3.63, 3.8) is 0 Å². The molecule has 0 radical (unpaired) electrons. The van der Waals surface area contributed by atoms with E-state index >= 15 is 0 Å². The maximum Gasteiger partial charge on any atom is 0.356 e. The standard InChI is InChI=1S/C15H16ClN5O4S/c1-4-25-15(22)14-12(16)13-10(20(14)2)7-9(8-17-13)26(23,24)19-11-5-6-18-21(11)3/h5-8,19H,4H2,1-3H3. The Bertz CT molecular complexity index is 1100. The Hall–Kier alpha value is -2.59. The number of sulfonamides is 1. The van der Waals surface area contributed by atoms with Crippen molar-refractivity contribution in [3.05, 3.63) is 35.2 Å². The molecule has 0 spiro atoms. The maximum atomic E-state index is 12.6. The first-order valence-corrected chi connectivity index (χ1v) is 9.44. The molecule has 0 atom stereocenters. The van der Waals surface area contributed by atoms with Gasteiger partial charge in [-0.1, -0.05) is 11.6 Å². The molecule has 9 nitrogen and oxygen atoms in total. The number of halogens is 1. The van der Waals surface area contributed by atoms with Crippen LogP contribution in [-0.2, 0) is 28.9 Å². The van der Waals surface area contributed by atoms with E-state index in [4.69, 9.17) is 16.3 Å². The van der Waals surface area contributed by atoms with Crippen LogP contribution in [0.25, 0.3) is 11.0 Å². The fourth-order valence-corrected chi connectivity index (χ4v) is 3.88. The number of aryl methyl sites for hydroxylation is 2. The Morgan fingerprint density at radius 3 is 2.73 bits per heavy atom. The van der Waals surface area contributed by atoms with Crippen LogP contribution < -0.4 is 4.72 Å². The highest BCUT2D eigenvalue weighted by atomic mass is 35.5. The third kappa shape index (κ3) is 3.01. The van der Waals surface area contributed by atoms with Gasteiger partial charge in [0.15, 0.2) is 0 Å². The molecule has 11 heteroatoms. The molecule has 0 amide bonds. The molecule has 0 aromatic carbocycles. The lowest BCUT2D eigenvalue weighted by atomic mass is 10.3. The lowest BCUT2D eigenvalue weighted by Gasteiger charge is -2.08. The zero-order valence-electron chi connectivity index (χ0n) is 14.2. The molecule has 3 rings (SSSR count). The number of carbonyl (C=O) groups is 1. The summed E-state index contributed by atoms with van der Waals surface area (Å²) in [6, 6.07) is 2.93. The van der Waals surface area contributed by atoms with E-state index in [1.165, 1.54) is 33.8 Å². The second-order valence-corrected chi connectivity index (χ2v) is 7.49. The summed E-state index contributed by atoms with van der Waals surface area (Å²) in [7, 11) is -0.691. The van der Waals surface area contributed by atoms with Gasteiger partial charge in [0, 0.05) is 26.4 Å². The molecule has 26 heavy (non-hydrogen) atoms. The van der Waals surface area contributed by atoms with Gasteiger partial charge in [0.2, 0.25) is 0 Å². The average molecular weight is 398 g/mol. The zero-order chi connectivity index (χ0) is 19.1. The average Bonchev–Trinajstić information content (AvgIpc) is 3.09. The number of fused-ring (bicyclic) bond motifs is 1. The van der Waals surface area contributed by atoms with Gasteiger partial charge in [-0.25, -0.2) is 13.2 Å². The van der Waals surface area contributed by atoms with Gasteiger partial charge in [-0.15, -0.1) is 0 Å². The van der Waals surface area contributed by atoms with Gasteiger partial charge in [-0.2, -0.15) is 5.10 Å². The van der Waals surface area contributed by atoms with Gasteiger partial charge in [-0.05, 0) is 13.0 Å². The first kappa shape index (κ1) is 18.2. The van der Waals surface area contributed by atoms with Gasteiger partial charge in [0.25, 0.3) is 10.0 Å². The van der Waals surface area contributed by atoms with E-state index in [9.17, 15) is 13.2 Å². The van der Waals surface area contributed by atoms with E-state index in [0.717, 1.165) is 0 Å². The number of hydrogen-bond acceptors (Lipinski definition) is 6. The number of carbonyl (C=O) groups excluding carboxylic acids is 1. The van der Waals surface area contributed by atoms with Crippen molar-refractivity contribution in [1.29, 1.82) is 0 Å². The van der Waals surface area contributed by atoms with Crippen LogP contribution in [0.2, 0.25) is 5.02 Å². The SMILES string of the molecule is CCOC(=O)c1c(Cl)c2ncc(S(=O)(=O)Nc3ccnn3C)cc2n1C. The Balaban J connectivity index is 2.08. The van der Waals surface area contributed by atoms with Crippen molar-refractivity contribution in [3.8, 4) is 0 Å². The molecule has 0 aliphatic carbocycles. The Morgan fingerprint density at radius 1 is 1.38 bits per heavy atom. The molecule has 3 aromatic heterocycles. The molecule has 0 aliphatic rings. The van der Waals surface area contributed by atoms with E-state index in [2.05, 4.69) is 14.8 Å². The number of nitrogens with zero attached hydrogens (tertiary/aromatic N) is 4. The fraction of sp³-hybridized carbons (Fsp3) is 0.267. The maximum absolute atomic E-state index is 12.6. The molecule has 3 aromatic rings. The summed E-state index contributed by atoms with van der Waals surface area (Å²) in [4.78, 5) is 16.1. The monoisotopic (exact) mass is 397 g/mol. The van der Waals surface area contributed by atoms with Crippen LogP contribution in [-0.4, -0.2) is 40.3 Å². The summed E-state index contributed by atoms with van der Waals surface area (Å²) in [5, 5.41) is 4.03. The van der Waals surface area contributed by atoms with E-state index in [-0.39, 0.29) is 22.2 Å². The number of pyridine rings is 1. The second-order valence-electron chi connectivity index (χ2n) is 5.43. The predicted octanol–water partition coefficient (Wildman–Crippen LogP) is 1.94. The molecule has 0 fully saturated rings. The molecule has 0 bridgehead atoms. The summed E-state index contributed by atoms with van der Waals surface area (Å²) < 4.78 is 35.5. The molecular weight excluding hydrogens is 382 g/mol. The van der Waals surface area contributed by atoms with Gasteiger partial charge >= 0.3 is 5.97 Å². The molecular formula is C15H16ClN5O4S. The summed E-state index contributed by atoms with van der Waals surface area (Å²) in [6.45, 7) is 1.87. The van der Waals surface area contributed by atoms with Crippen LogP contribution in [0.1, 0.15) is 17.4 Å². The molecule has 1 N–H and O–H groups in total. The smallest absolute Gasteiger partial charge is 0.356 e. The van der Waals surface area contributed by atoms with Gasteiger partial charge in [0.05, 0.1) is 23.3 Å². The van der Waals surface area contributed by atoms with Crippen LogP contribution in [0.5, 0.6) is 0 Å². The lowest BCUT2D eigenvalue weighted by molar-refractivity contribution is 0.0516. The largest absolute Gasteiger partial charge is 0.461 e. The van der Waals surface area contributed by atoms with Gasteiger partial charge < -0.3 is 9.30 Å². The molecule has 0 saturated carbocycles. The van der Waals surface area contributed by atoms with Gasteiger partial charge in [0.1, 0.15) is 21.9 Å². The number of aromatic nitrogens is 4. The number of rotatable bonds is 5. The van der Waals surface area contributed by atoms with Crippen molar-refractivity contribution >= 4 is 44.4 Å². The molecule has 3 heterocycles. The highest BCUT2D eigenvalue weighted by Crippen LogP contribution is 2.30. The fourth-order valence-electron chi connectivity index (χ4n) is 2.48. The number of nitrogens with one attached hydrogen (secondary N) is 1. The summed E-state index contributed by atoms with van der Waals surface area (Å²) in [6.07, 6.45) is 2.66. The minimum absolute atomic E-state index is 0.0705. The van der Waals surface area contributed by atoms with E-state index in [1.807, 2.05) is 0 Å². The third-order valence-corrected chi connectivity index (χ3v) is 5.47. The van der Waals surface area contributed by atoms with Gasteiger partial charge in [-0.3, -0.25) is 14.4 Å². The zero-order valence-corrected chi connectivity index (χ0v) is 15.8. The van der Waals surface area contributed by atoms with Crippen molar-refractivity contribution in [1.82, 2.24) is 19.3 Å². The summed E-state index contributed by atoms with van der Waals surface area (Å²) in [5.74, 6) is -0.294. The molecule has 138 valence electrons.